The molecular weight excluding hydrogens is 264 g/mol. The molecule has 1 aliphatic rings. The first-order valence-corrected chi connectivity index (χ1v) is 7.22. The average molecular weight is 283 g/mol. The molecule has 1 aliphatic carbocycles. The Morgan fingerprint density at radius 2 is 1.75 bits per heavy atom. The van der Waals surface area contributed by atoms with Crippen LogP contribution in [0.1, 0.15) is 31.2 Å². The molecule has 0 radical (unpaired) electrons. The van der Waals surface area contributed by atoms with Crippen LogP contribution in [0.25, 0.3) is 0 Å². The summed E-state index contributed by atoms with van der Waals surface area (Å²) in [4.78, 5) is 0. The summed E-state index contributed by atoms with van der Waals surface area (Å²) in [5.41, 5.74) is 2.16. The van der Waals surface area contributed by atoms with Crippen LogP contribution in [-0.4, -0.2) is 11.6 Å². The molecule has 1 fully saturated rings. The number of alkyl halides is 1. The fourth-order valence-electron chi connectivity index (χ4n) is 2.54. The number of benzene rings is 1. The first-order valence-electron chi connectivity index (χ1n) is 6.10. The van der Waals surface area contributed by atoms with E-state index in [1.807, 2.05) is 0 Å². The third-order valence-corrected chi connectivity index (χ3v) is 3.72. The summed E-state index contributed by atoms with van der Waals surface area (Å²) in [6.45, 7) is 0. The van der Waals surface area contributed by atoms with Crippen LogP contribution in [0.5, 0.6) is 0 Å². The van der Waals surface area contributed by atoms with Gasteiger partial charge in [-0.15, -0.1) is 0 Å². The van der Waals surface area contributed by atoms with Crippen molar-refractivity contribution in [2.75, 3.05) is 5.52 Å². The fraction of sp³-hybridized carbons (Fsp3) is 0.571. The van der Waals surface area contributed by atoms with Gasteiger partial charge >= 0.3 is 0 Å². The zero-order valence-electron chi connectivity index (χ0n) is 9.57. The maximum Gasteiger partial charge on any atom is 0.102 e. The molecule has 0 unspecified atom stereocenters. The highest BCUT2D eigenvalue weighted by Gasteiger charge is 2.21. The van der Waals surface area contributed by atoms with E-state index in [0.717, 1.165) is 5.92 Å². The van der Waals surface area contributed by atoms with Crippen molar-refractivity contribution in [1.29, 1.82) is 0 Å². The van der Waals surface area contributed by atoms with E-state index in [2.05, 4.69) is 46.3 Å². The molecule has 0 saturated heterocycles. The van der Waals surface area contributed by atoms with Gasteiger partial charge < -0.3 is 4.74 Å². The van der Waals surface area contributed by atoms with Gasteiger partial charge in [-0.05, 0) is 43.6 Å². The molecular formula is C14H19BrO. The molecule has 0 bridgehead atoms. The summed E-state index contributed by atoms with van der Waals surface area (Å²) >= 11 is 3.33. The lowest BCUT2D eigenvalue weighted by Gasteiger charge is -2.28. The molecule has 0 heterocycles. The first-order chi connectivity index (χ1) is 7.88. The van der Waals surface area contributed by atoms with E-state index in [1.54, 1.807) is 0 Å². The maximum atomic E-state index is 5.60. The molecule has 2 heteroatoms. The van der Waals surface area contributed by atoms with Crippen molar-refractivity contribution in [2.24, 2.45) is 5.92 Å². The highest BCUT2D eigenvalue weighted by atomic mass is 79.9. The molecule has 1 aromatic rings. The summed E-state index contributed by atoms with van der Waals surface area (Å²) in [5.74, 6) is 0.859. The van der Waals surface area contributed by atoms with Crippen LogP contribution in [-0.2, 0) is 11.2 Å². The van der Waals surface area contributed by atoms with Gasteiger partial charge in [-0.25, -0.2) is 0 Å². The second-order valence-electron chi connectivity index (χ2n) is 4.61. The number of ether oxygens (including phenoxy) is 1. The van der Waals surface area contributed by atoms with Crippen LogP contribution in [0.15, 0.2) is 30.3 Å². The van der Waals surface area contributed by atoms with Gasteiger partial charge in [0.05, 0.1) is 6.10 Å². The highest BCUT2D eigenvalue weighted by Crippen LogP contribution is 2.28. The van der Waals surface area contributed by atoms with Gasteiger partial charge in [0.25, 0.3) is 0 Å². The minimum absolute atomic E-state index is 0.492. The summed E-state index contributed by atoms with van der Waals surface area (Å²) in [5, 5.41) is 0. The Morgan fingerprint density at radius 3 is 2.38 bits per heavy atom. The van der Waals surface area contributed by atoms with Gasteiger partial charge in [-0.2, -0.15) is 0 Å². The molecule has 2 rings (SSSR count). The van der Waals surface area contributed by atoms with E-state index in [9.17, 15) is 0 Å². The van der Waals surface area contributed by atoms with Gasteiger partial charge in [-0.3, -0.25) is 0 Å². The lowest BCUT2D eigenvalue weighted by atomic mass is 9.83. The van der Waals surface area contributed by atoms with Crippen molar-refractivity contribution in [2.45, 2.75) is 38.2 Å². The number of hydrogen-bond donors (Lipinski definition) is 0. The molecule has 0 aliphatic heterocycles. The van der Waals surface area contributed by atoms with Crippen LogP contribution < -0.4 is 0 Å². The van der Waals surface area contributed by atoms with Gasteiger partial charge in [-0.1, -0.05) is 46.3 Å². The van der Waals surface area contributed by atoms with E-state index >= 15 is 0 Å². The lowest BCUT2D eigenvalue weighted by molar-refractivity contribution is 0.0492. The SMILES string of the molecule is BrCOC1CCC(Cc2ccccc2)CC1. The number of rotatable bonds is 4. The van der Waals surface area contributed by atoms with E-state index in [-0.39, 0.29) is 0 Å². The quantitative estimate of drug-likeness (QED) is 0.754. The van der Waals surface area contributed by atoms with Crippen LogP contribution in [0.4, 0.5) is 0 Å². The van der Waals surface area contributed by atoms with Gasteiger partial charge in [0, 0.05) is 0 Å². The fourth-order valence-corrected chi connectivity index (χ4v) is 2.91. The molecule has 0 aromatic heterocycles. The molecule has 0 amide bonds. The zero-order chi connectivity index (χ0) is 11.2. The largest absolute Gasteiger partial charge is 0.367 e. The van der Waals surface area contributed by atoms with Crippen molar-refractivity contribution in [3.8, 4) is 0 Å². The summed E-state index contributed by atoms with van der Waals surface area (Å²) < 4.78 is 5.60. The number of halogens is 1. The van der Waals surface area contributed by atoms with Crippen molar-refractivity contribution < 1.29 is 4.74 Å². The van der Waals surface area contributed by atoms with E-state index in [0.29, 0.717) is 11.6 Å². The number of hydrogen-bond acceptors (Lipinski definition) is 1. The van der Waals surface area contributed by atoms with Crippen LogP contribution in [0.2, 0.25) is 0 Å². The molecule has 0 atom stereocenters. The highest BCUT2D eigenvalue weighted by molar-refractivity contribution is 9.09. The van der Waals surface area contributed by atoms with Gasteiger partial charge in [0.2, 0.25) is 0 Å². The third-order valence-electron chi connectivity index (χ3n) is 3.46. The first kappa shape index (κ1) is 12.1. The molecule has 1 saturated carbocycles. The Balaban J connectivity index is 1.77. The average Bonchev–Trinajstić information content (AvgIpc) is 2.33. The van der Waals surface area contributed by atoms with Crippen molar-refractivity contribution in [1.82, 2.24) is 0 Å². The second-order valence-corrected chi connectivity index (χ2v) is 5.07. The van der Waals surface area contributed by atoms with Crippen LogP contribution >= 0.6 is 15.9 Å². The van der Waals surface area contributed by atoms with Gasteiger partial charge in [0.1, 0.15) is 5.52 Å². The zero-order valence-corrected chi connectivity index (χ0v) is 11.2. The Hall–Kier alpha value is -0.340. The van der Waals surface area contributed by atoms with Crippen molar-refractivity contribution in [3.63, 3.8) is 0 Å². The smallest absolute Gasteiger partial charge is 0.102 e. The summed E-state index contributed by atoms with van der Waals surface area (Å²) in [6.07, 6.45) is 6.80. The van der Waals surface area contributed by atoms with Crippen molar-refractivity contribution >= 4 is 15.9 Å². The van der Waals surface area contributed by atoms with E-state index < -0.39 is 0 Å². The predicted molar refractivity (Wildman–Crippen MR) is 70.8 cm³/mol. The Kier molecular flexibility index (Phi) is 4.86. The minimum atomic E-state index is 0.492. The van der Waals surface area contributed by atoms with Crippen LogP contribution in [0, 0.1) is 5.92 Å². The summed E-state index contributed by atoms with van der Waals surface area (Å²) in [6, 6.07) is 10.8. The Morgan fingerprint density at radius 1 is 1.06 bits per heavy atom. The minimum Gasteiger partial charge on any atom is -0.367 e. The summed E-state index contributed by atoms with van der Waals surface area (Å²) in [7, 11) is 0. The van der Waals surface area contributed by atoms with Crippen molar-refractivity contribution in [3.05, 3.63) is 35.9 Å². The van der Waals surface area contributed by atoms with Gasteiger partial charge in [0.15, 0.2) is 0 Å². The van der Waals surface area contributed by atoms with Crippen LogP contribution in [0.3, 0.4) is 0 Å². The van der Waals surface area contributed by atoms with E-state index in [1.165, 1.54) is 37.7 Å². The standard InChI is InChI=1S/C14H19BrO/c15-11-16-14-8-6-13(7-9-14)10-12-4-2-1-3-5-12/h1-5,13-14H,6-11H2. The third kappa shape index (κ3) is 3.60. The predicted octanol–water partition coefficient (Wildman–Crippen LogP) is 4.16. The molecule has 1 nitrogen and oxygen atoms in total. The second kappa shape index (κ2) is 6.41. The molecule has 0 N–H and O–H groups in total. The Labute approximate surface area is 106 Å². The Bertz CT molecular complexity index is 291. The topological polar surface area (TPSA) is 9.23 Å². The lowest BCUT2D eigenvalue weighted by Crippen LogP contribution is -2.22. The normalized spacial score (nSPS) is 25.6. The maximum absolute atomic E-state index is 5.60. The molecule has 16 heavy (non-hydrogen) atoms. The molecule has 1 aromatic carbocycles. The molecule has 0 spiro atoms. The van der Waals surface area contributed by atoms with E-state index in [4.69, 9.17) is 4.74 Å². The molecule has 88 valence electrons. The monoisotopic (exact) mass is 282 g/mol.